The molecule has 1 saturated heterocycles. The summed E-state index contributed by atoms with van der Waals surface area (Å²) in [5.41, 5.74) is 1.58. The normalized spacial score (nSPS) is 26.7. The number of benzene rings is 1. The number of esters is 1. The molecule has 0 amide bonds. The lowest BCUT2D eigenvalue weighted by Gasteiger charge is -2.47. The summed E-state index contributed by atoms with van der Waals surface area (Å²) < 4.78 is 17.4. The van der Waals surface area contributed by atoms with Crippen LogP contribution in [0.4, 0.5) is 0 Å². The summed E-state index contributed by atoms with van der Waals surface area (Å²) in [6.45, 7) is 10.7. The predicted octanol–water partition coefficient (Wildman–Crippen LogP) is 5.33. The van der Waals surface area contributed by atoms with E-state index in [0.717, 1.165) is 31.1 Å². The molecule has 230 valence electrons. The molecule has 4 N–H and O–H groups in total. The number of carboxylic acid groups (broad SMARTS) is 1. The molecule has 0 bridgehead atoms. The Labute approximate surface area is 243 Å². The van der Waals surface area contributed by atoms with Crippen molar-refractivity contribution >= 4 is 11.9 Å². The van der Waals surface area contributed by atoms with Gasteiger partial charge in [0, 0.05) is 42.9 Å². The molecule has 1 aliphatic carbocycles. The molecule has 1 fully saturated rings. The van der Waals surface area contributed by atoms with Crippen molar-refractivity contribution in [3.8, 4) is 11.5 Å². The van der Waals surface area contributed by atoms with E-state index >= 15 is 0 Å². The Kier molecular flexibility index (Phi) is 10.9. The minimum Gasteiger partial charge on any atom is -0.508 e. The number of ether oxygens (including phenoxy) is 3. The molecule has 1 aromatic rings. The fraction of sp³-hybridized carbons (Fsp3) is 0.688. The van der Waals surface area contributed by atoms with Crippen LogP contribution < -0.4 is 4.74 Å². The number of phenolic OH excluding ortho intramolecular Hbond substituents is 1. The van der Waals surface area contributed by atoms with E-state index < -0.39 is 36.0 Å². The number of aliphatic hydroxyl groups is 2. The maximum absolute atomic E-state index is 13.1. The average molecular weight is 577 g/mol. The van der Waals surface area contributed by atoms with Crippen molar-refractivity contribution < 1.29 is 44.2 Å². The third-order valence-electron chi connectivity index (χ3n) is 8.78. The minimum absolute atomic E-state index is 0.0242. The second-order valence-corrected chi connectivity index (χ2v) is 12.6. The van der Waals surface area contributed by atoms with E-state index in [2.05, 4.69) is 26.8 Å². The second kappa shape index (κ2) is 13.6. The molecule has 5 unspecified atom stereocenters. The lowest BCUT2D eigenvalue weighted by atomic mass is 9.66. The van der Waals surface area contributed by atoms with Crippen molar-refractivity contribution in [1.29, 1.82) is 0 Å². The van der Waals surface area contributed by atoms with Gasteiger partial charge < -0.3 is 34.6 Å². The number of rotatable bonds is 9. The van der Waals surface area contributed by atoms with E-state index in [1.807, 2.05) is 26.0 Å². The summed E-state index contributed by atoms with van der Waals surface area (Å²) in [5.74, 6) is -1.05. The minimum atomic E-state index is -1.22. The number of carboxylic acids is 1. The second-order valence-electron chi connectivity index (χ2n) is 12.6. The van der Waals surface area contributed by atoms with Gasteiger partial charge in [0.2, 0.25) is 6.29 Å². The molecule has 2 heterocycles. The number of allylic oxidation sites excluding steroid dienone is 1. The fourth-order valence-electron chi connectivity index (χ4n) is 6.38. The van der Waals surface area contributed by atoms with Gasteiger partial charge in [0.25, 0.3) is 0 Å². The molecule has 3 aliphatic rings. The van der Waals surface area contributed by atoms with E-state index in [0.29, 0.717) is 24.2 Å². The molecule has 4 rings (SSSR count). The Bertz CT molecular complexity index is 1110. The molecule has 0 radical (unpaired) electrons. The van der Waals surface area contributed by atoms with Crippen molar-refractivity contribution in [2.45, 2.75) is 128 Å². The van der Waals surface area contributed by atoms with Gasteiger partial charge in [-0.05, 0) is 56.2 Å². The van der Waals surface area contributed by atoms with Gasteiger partial charge in [-0.2, -0.15) is 0 Å². The van der Waals surface area contributed by atoms with Crippen LogP contribution in [0.3, 0.4) is 0 Å². The van der Waals surface area contributed by atoms with Crippen molar-refractivity contribution in [2.24, 2.45) is 5.92 Å². The smallest absolute Gasteiger partial charge is 0.336 e. The Balaban J connectivity index is 0.00000226. The first-order valence-corrected chi connectivity index (χ1v) is 14.8. The molecule has 0 saturated carbocycles. The summed E-state index contributed by atoms with van der Waals surface area (Å²) in [6.07, 6.45) is 5.21. The Hall–Kier alpha value is -2.62. The van der Waals surface area contributed by atoms with Gasteiger partial charge >= 0.3 is 11.9 Å². The van der Waals surface area contributed by atoms with Crippen LogP contribution in [0.2, 0.25) is 0 Å². The van der Waals surface area contributed by atoms with Crippen LogP contribution in [0.5, 0.6) is 11.5 Å². The molecule has 2 aliphatic heterocycles. The average Bonchev–Trinajstić information content (AvgIpc) is 2.91. The predicted molar refractivity (Wildman–Crippen MR) is 154 cm³/mol. The van der Waals surface area contributed by atoms with E-state index in [-0.39, 0.29) is 35.8 Å². The summed E-state index contributed by atoms with van der Waals surface area (Å²) in [5, 5.41) is 37.6. The zero-order valence-electron chi connectivity index (χ0n) is 25.3. The van der Waals surface area contributed by atoms with Gasteiger partial charge in [-0.1, -0.05) is 52.5 Å². The van der Waals surface area contributed by atoms with Crippen LogP contribution in [0.1, 0.15) is 109 Å². The number of carbonyl (C=O) groups is 2. The molecule has 0 spiro atoms. The Morgan fingerprint density at radius 3 is 2.49 bits per heavy atom. The molecular formula is C32H48O9. The highest BCUT2D eigenvalue weighted by molar-refractivity contribution is 5.89. The van der Waals surface area contributed by atoms with Crippen molar-refractivity contribution in [3.63, 3.8) is 0 Å². The Morgan fingerprint density at radius 1 is 1.12 bits per heavy atom. The highest BCUT2D eigenvalue weighted by atomic mass is 16.7. The van der Waals surface area contributed by atoms with Crippen LogP contribution >= 0.6 is 0 Å². The van der Waals surface area contributed by atoms with E-state index in [4.69, 9.17) is 19.3 Å². The number of hydrogen-bond donors (Lipinski definition) is 4. The van der Waals surface area contributed by atoms with Gasteiger partial charge in [0.05, 0.1) is 6.10 Å². The number of phenols is 1. The first-order valence-electron chi connectivity index (χ1n) is 14.8. The number of fused-ring (bicyclic) bond motifs is 3. The van der Waals surface area contributed by atoms with Crippen LogP contribution in [-0.2, 0) is 24.5 Å². The monoisotopic (exact) mass is 576 g/mol. The number of hydrogen-bond acceptors (Lipinski definition) is 8. The third-order valence-corrected chi connectivity index (χ3v) is 8.78. The maximum Gasteiger partial charge on any atom is 0.336 e. The summed E-state index contributed by atoms with van der Waals surface area (Å²) >= 11 is 0. The number of aliphatic hydroxyl groups excluding tert-OH is 2. The van der Waals surface area contributed by atoms with Crippen molar-refractivity contribution in [3.05, 3.63) is 34.9 Å². The van der Waals surface area contributed by atoms with Crippen molar-refractivity contribution in [1.82, 2.24) is 0 Å². The maximum atomic E-state index is 13.1. The van der Waals surface area contributed by atoms with Gasteiger partial charge in [-0.3, -0.25) is 0 Å². The lowest BCUT2D eigenvalue weighted by molar-refractivity contribution is -0.219. The van der Waals surface area contributed by atoms with Crippen LogP contribution in [0.25, 0.3) is 0 Å². The summed E-state index contributed by atoms with van der Waals surface area (Å²) in [4.78, 5) is 24.5. The van der Waals surface area contributed by atoms with Crippen LogP contribution in [0, 0.1) is 5.92 Å². The van der Waals surface area contributed by atoms with Crippen LogP contribution in [0.15, 0.2) is 23.8 Å². The standard InChI is InChI=1S/C31H44O8.CH4O/c1-6-7-8-9-12-30(2,3)19-14-23(33)27-21-13-18(10-11-22(21)31(4,5)39-24(27)15-19)29(36)38-26-17-20(32)16-25(37-26)28(34)35;1-2/h10,14-15,20-22,25-26,32-33H,6-9,11-13,16-17H2,1-5H3,(H,34,35);2H,1H3. The molecule has 9 heteroatoms. The molecule has 0 aromatic heterocycles. The highest BCUT2D eigenvalue weighted by Gasteiger charge is 2.47. The van der Waals surface area contributed by atoms with Gasteiger partial charge in [-0.25, -0.2) is 9.59 Å². The fourth-order valence-corrected chi connectivity index (χ4v) is 6.38. The first kappa shape index (κ1) is 32.9. The number of aromatic hydroxyl groups is 1. The van der Waals surface area contributed by atoms with E-state index in [1.54, 1.807) is 0 Å². The van der Waals surface area contributed by atoms with Gasteiger partial charge in [0.15, 0.2) is 6.10 Å². The summed E-state index contributed by atoms with van der Waals surface area (Å²) in [7, 11) is 1.00. The summed E-state index contributed by atoms with van der Waals surface area (Å²) in [6, 6.07) is 3.92. The first-order chi connectivity index (χ1) is 19.3. The van der Waals surface area contributed by atoms with E-state index in [9.17, 15) is 24.9 Å². The van der Waals surface area contributed by atoms with Crippen molar-refractivity contribution in [2.75, 3.05) is 7.11 Å². The topological polar surface area (TPSA) is 143 Å². The number of carbonyl (C=O) groups excluding carboxylic acids is 1. The zero-order chi connectivity index (χ0) is 30.5. The number of unbranched alkanes of at least 4 members (excludes halogenated alkanes) is 3. The van der Waals surface area contributed by atoms with Crippen LogP contribution in [-0.4, -0.2) is 63.6 Å². The molecule has 5 atom stereocenters. The quantitative estimate of drug-likeness (QED) is 0.226. The SMILES string of the molecule is CCCCCCC(C)(C)c1cc(O)c2c(c1)OC(C)(C)C1CC=C(C(=O)OC3CC(O)CC(C(=O)O)O3)CC21.CO. The zero-order valence-corrected chi connectivity index (χ0v) is 25.3. The van der Waals surface area contributed by atoms with Gasteiger partial charge in [0.1, 0.15) is 17.1 Å². The largest absolute Gasteiger partial charge is 0.508 e. The lowest BCUT2D eigenvalue weighted by Crippen LogP contribution is -2.46. The third kappa shape index (κ3) is 7.62. The number of aliphatic carboxylic acids is 1. The molecule has 41 heavy (non-hydrogen) atoms. The Morgan fingerprint density at radius 2 is 1.83 bits per heavy atom. The molecule has 1 aromatic carbocycles. The molecular weight excluding hydrogens is 528 g/mol. The van der Waals surface area contributed by atoms with Gasteiger partial charge in [-0.15, -0.1) is 0 Å². The van der Waals surface area contributed by atoms with E-state index in [1.165, 1.54) is 19.3 Å². The molecule has 9 nitrogen and oxygen atoms in total. The highest BCUT2D eigenvalue weighted by Crippen LogP contribution is 2.55.